The summed E-state index contributed by atoms with van der Waals surface area (Å²) in [7, 11) is 1.50. The number of nitrogens with zero attached hydrogens (tertiary/aromatic N) is 4. The minimum Gasteiger partial charge on any atom is -0.298 e. The van der Waals surface area contributed by atoms with E-state index >= 15 is 0 Å². The maximum Gasteiger partial charge on any atom is 0.416 e. The lowest BCUT2D eigenvalue weighted by atomic mass is 10.1. The van der Waals surface area contributed by atoms with Crippen molar-refractivity contribution in [1.29, 1.82) is 0 Å². The Balaban J connectivity index is 2.30. The second kappa shape index (κ2) is 5.36. The lowest BCUT2D eigenvalue weighted by Gasteiger charge is -2.11. The lowest BCUT2D eigenvalue weighted by Crippen LogP contribution is -2.22. The van der Waals surface area contributed by atoms with Gasteiger partial charge in [0.05, 0.1) is 5.56 Å². The van der Waals surface area contributed by atoms with Crippen LogP contribution in [-0.2, 0) is 13.2 Å². The molecule has 24 heavy (non-hydrogen) atoms. The molecule has 0 fully saturated rings. The smallest absolute Gasteiger partial charge is 0.298 e. The first-order valence-electron chi connectivity index (χ1n) is 6.75. The second-order valence-electron chi connectivity index (χ2n) is 5.14. The molecule has 3 aromatic rings. The van der Waals surface area contributed by atoms with Crippen LogP contribution < -0.4 is 5.56 Å². The molecule has 124 valence electrons. The van der Waals surface area contributed by atoms with Crippen LogP contribution in [0.25, 0.3) is 22.3 Å². The summed E-state index contributed by atoms with van der Waals surface area (Å²) in [5.41, 5.74) is -1.78. The Morgan fingerprint density at radius 1 is 1.12 bits per heavy atom. The molecule has 0 radical (unpaired) electrons. The molecule has 0 aliphatic rings. The van der Waals surface area contributed by atoms with Crippen LogP contribution >= 0.6 is 0 Å². The predicted octanol–water partition coefficient (Wildman–Crippen LogP) is 2.86. The Bertz CT molecular complexity index is 1010. The fourth-order valence-corrected chi connectivity index (χ4v) is 2.26. The first-order valence-corrected chi connectivity index (χ1v) is 6.75. The van der Waals surface area contributed by atoms with Gasteiger partial charge in [-0.2, -0.15) is 13.2 Å². The standard InChI is InChI=1S/C15H10F4N4O/c1-7-22-12-11(20-6-21-13(12)14(24)23(7)2)9-4-3-8(5-10(9)16)15(17,18)19/h3-6H,1-2H3. The van der Waals surface area contributed by atoms with Crippen LogP contribution in [0.2, 0.25) is 0 Å². The predicted molar refractivity (Wildman–Crippen MR) is 77.7 cm³/mol. The van der Waals surface area contributed by atoms with Gasteiger partial charge in [-0.05, 0) is 25.1 Å². The van der Waals surface area contributed by atoms with Gasteiger partial charge in [-0.25, -0.2) is 19.3 Å². The van der Waals surface area contributed by atoms with Crippen LogP contribution in [0.3, 0.4) is 0 Å². The van der Waals surface area contributed by atoms with Crippen molar-refractivity contribution in [3.8, 4) is 11.3 Å². The van der Waals surface area contributed by atoms with Gasteiger partial charge in [-0.15, -0.1) is 0 Å². The molecule has 0 aliphatic carbocycles. The molecule has 0 atom stereocenters. The number of rotatable bonds is 1. The zero-order chi connectivity index (χ0) is 17.6. The van der Waals surface area contributed by atoms with Crippen molar-refractivity contribution < 1.29 is 17.6 Å². The van der Waals surface area contributed by atoms with E-state index in [1.54, 1.807) is 6.92 Å². The first kappa shape index (κ1) is 16.0. The second-order valence-corrected chi connectivity index (χ2v) is 5.14. The van der Waals surface area contributed by atoms with Gasteiger partial charge >= 0.3 is 6.18 Å². The number of alkyl halides is 3. The lowest BCUT2D eigenvalue weighted by molar-refractivity contribution is -0.137. The van der Waals surface area contributed by atoms with Crippen molar-refractivity contribution in [3.05, 3.63) is 52.1 Å². The van der Waals surface area contributed by atoms with Crippen molar-refractivity contribution in [1.82, 2.24) is 19.5 Å². The zero-order valence-corrected chi connectivity index (χ0v) is 12.5. The highest BCUT2D eigenvalue weighted by Gasteiger charge is 2.31. The highest BCUT2D eigenvalue weighted by Crippen LogP contribution is 2.33. The number of fused-ring (bicyclic) bond motifs is 1. The van der Waals surface area contributed by atoms with Gasteiger partial charge in [0.1, 0.15) is 29.2 Å². The average molecular weight is 338 g/mol. The summed E-state index contributed by atoms with van der Waals surface area (Å²) >= 11 is 0. The Hall–Kier alpha value is -2.84. The third-order valence-corrected chi connectivity index (χ3v) is 3.64. The van der Waals surface area contributed by atoms with E-state index in [9.17, 15) is 22.4 Å². The molecule has 5 nitrogen and oxygen atoms in total. The molecule has 3 rings (SSSR count). The summed E-state index contributed by atoms with van der Waals surface area (Å²) in [6.07, 6.45) is -3.61. The van der Waals surface area contributed by atoms with E-state index in [4.69, 9.17) is 0 Å². The SMILES string of the molecule is Cc1nc2c(-c3ccc(C(F)(F)F)cc3F)ncnc2c(=O)n1C. The summed E-state index contributed by atoms with van der Waals surface area (Å²) in [5.74, 6) is -0.763. The molecule has 0 N–H and O–H groups in total. The highest BCUT2D eigenvalue weighted by molar-refractivity contribution is 5.88. The molecule has 2 aromatic heterocycles. The summed E-state index contributed by atoms with van der Waals surface area (Å²) in [5, 5.41) is 0. The highest BCUT2D eigenvalue weighted by atomic mass is 19.4. The quantitative estimate of drug-likeness (QED) is 0.640. The third-order valence-electron chi connectivity index (χ3n) is 3.64. The van der Waals surface area contributed by atoms with Gasteiger partial charge in [-0.3, -0.25) is 9.36 Å². The van der Waals surface area contributed by atoms with E-state index in [-0.39, 0.29) is 22.3 Å². The Labute approximate surface area is 132 Å². The Morgan fingerprint density at radius 3 is 2.46 bits per heavy atom. The maximum absolute atomic E-state index is 14.2. The van der Waals surface area contributed by atoms with E-state index in [1.807, 2.05) is 0 Å². The Kier molecular flexibility index (Phi) is 3.58. The van der Waals surface area contributed by atoms with Crippen molar-refractivity contribution in [2.24, 2.45) is 7.05 Å². The monoisotopic (exact) mass is 338 g/mol. The summed E-state index contributed by atoms with van der Waals surface area (Å²) in [6.45, 7) is 1.57. The normalized spacial score (nSPS) is 11.9. The van der Waals surface area contributed by atoms with Crippen molar-refractivity contribution in [2.45, 2.75) is 13.1 Å². The van der Waals surface area contributed by atoms with Crippen molar-refractivity contribution >= 4 is 11.0 Å². The molecule has 0 spiro atoms. The molecule has 1 aromatic carbocycles. The van der Waals surface area contributed by atoms with Gasteiger partial charge in [0, 0.05) is 12.6 Å². The molecule has 2 heterocycles. The van der Waals surface area contributed by atoms with Crippen molar-refractivity contribution in [3.63, 3.8) is 0 Å². The minimum absolute atomic E-state index is 0.0348. The van der Waals surface area contributed by atoms with Crippen LogP contribution in [0.5, 0.6) is 0 Å². The number of aromatic nitrogens is 4. The third kappa shape index (κ3) is 2.51. The number of hydrogen-bond acceptors (Lipinski definition) is 4. The average Bonchev–Trinajstić information content (AvgIpc) is 2.51. The fourth-order valence-electron chi connectivity index (χ4n) is 2.26. The summed E-state index contributed by atoms with van der Waals surface area (Å²) in [6, 6.07) is 2.10. The van der Waals surface area contributed by atoms with E-state index in [1.165, 1.54) is 11.6 Å². The molecule has 0 saturated heterocycles. The number of hydrogen-bond donors (Lipinski definition) is 0. The minimum atomic E-state index is -4.65. The van der Waals surface area contributed by atoms with Crippen LogP contribution in [0, 0.1) is 12.7 Å². The Morgan fingerprint density at radius 2 is 1.83 bits per heavy atom. The largest absolute Gasteiger partial charge is 0.416 e. The van der Waals surface area contributed by atoms with E-state index < -0.39 is 23.1 Å². The molecule has 0 bridgehead atoms. The maximum atomic E-state index is 14.2. The van der Waals surface area contributed by atoms with Crippen LogP contribution in [-0.4, -0.2) is 19.5 Å². The summed E-state index contributed by atoms with van der Waals surface area (Å²) in [4.78, 5) is 24.1. The molecule has 0 saturated carbocycles. The molecule has 0 unspecified atom stereocenters. The molecule has 0 amide bonds. The first-order chi connectivity index (χ1) is 11.2. The number of benzene rings is 1. The van der Waals surface area contributed by atoms with E-state index in [0.29, 0.717) is 11.9 Å². The van der Waals surface area contributed by atoms with E-state index in [0.717, 1.165) is 18.5 Å². The van der Waals surface area contributed by atoms with Gasteiger partial charge in [-0.1, -0.05) is 0 Å². The van der Waals surface area contributed by atoms with E-state index in [2.05, 4.69) is 15.0 Å². The van der Waals surface area contributed by atoms with Crippen molar-refractivity contribution in [2.75, 3.05) is 0 Å². The number of halogens is 4. The zero-order valence-electron chi connectivity index (χ0n) is 12.5. The molecular formula is C15H10F4N4O. The van der Waals surface area contributed by atoms with Gasteiger partial charge in [0.25, 0.3) is 5.56 Å². The van der Waals surface area contributed by atoms with Gasteiger partial charge in [0.15, 0.2) is 5.52 Å². The molecule has 9 heteroatoms. The molecule has 0 aliphatic heterocycles. The summed E-state index contributed by atoms with van der Waals surface area (Å²) < 4.78 is 53.4. The topological polar surface area (TPSA) is 60.7 Å². The van der Waals surface area contributed by atoms with Crippen LogP contribution in [0.15, 0.2) is 29.3 Å². The van der Waals surface area contributed by atoms with Crippen LogP contribution in [0.4, 0.5) is 17.6 Å². The number of aryl methyl sites for hydroxylation is 1. The fraction of sp³-hybridized carbons (Fsp3) is 0.200. The van der Waals surface area contributed by atoms with Crippen LogP contribution in [0.1, 0.15) is 11.4 Å². The molecular weight excluding hydrogens is 328 g/mol. The van der Waals surface area contributed by atoms with Gasteiger partial charge in [0.2, 0.25) is 0 Å². The van der Waals surface area contributed by atoms with Gasteiger partial charge < -0.3 is 0 Å².